The molecule has 220 valence electrons. The maximum absolute atomic E-state index is 14.2. The van der Waals surface area contributed by atoms with Gasteiger partial charge >= 0.3 is 0 Å². The topological polar surface area (TPSA) is 141 Å². The van der Waals surface area contributed by atoms with Gasteiger partial charge < -0.3 is 14.6 Å². The summed E-state index contributed by atoms with van der Waals surface area (Å²) in [5.41, 5.74) is 16.6. The molecule has 0 saturated heterocycles. The number of ether oxygens (including phenoxy) is 2. The first kappa shape index (κ1) is 31.1. The molecule has 0 saturated carbocycles. The molecule has 3 aromatic carbocycles. The number of benzene rings is 3. The van der Waals surface area contributed by atoms with Crippen molar-refractivity contribution in [2.24, 2.45) is 16.0 Å². The number of rotatable bonds is 14. The lowest BCUT2D eigenvalue weighted by atomic mass is 9.81. The van der Waals surface area contributed by atoms with Crippen LogP contribution in [0, 0.1) is 5.92 Å². The Morgan fingerprint density at radius 1 is 1.14 bits per heavy atom. The minimum Gasteiger partial charge on any atom is -0.494 e. The van der Waals surface area contributed by atoms with Crippen LogP contribution in [0.5, 0.6) is 5.75 Å². The van der Waals surface area contributed by atoms with Gasteiger partial charge in [-0.05, 0) is 64.5 Å². The lowest BCUT2D eigenvalue weighted by Crippen LogP contribution is -2.54. The summed E-state index contributed by atoms with van der Waals surface area (Å²) >= 11 is 3.50. The summed E-state index contributed by atoms with van der Waals surface area (Å²) in [6, 6.07) is 22.5. The van der Waals surface area contributed by atoms with Gasteiger partial charge in [-0.3, -0.25) is 10.2 Å². The van der Waals surface area contributed by atoms with Gasteiger partial charge in [0.2, 0.25) is 5.90 Å². The number of aliphatic hydroxyl groups excluding tert-OH is 1. The Morgan fingerprint density at radius 2 is 1.86 bits per heavy atom. The van der Waals surface area contributed by atoms with Crippen LogP contribution in [0.3, 0.4) is 0 Å². The second kappa shape index (κ2) is 14.8. The Bertz CT molecular complexity index is 1420. The zero-order valence-corrected chi connectivity index (χ0v) is 25.3. The average molecular weight is 636 g/mol. The van der Waals surface area contributed by atoms with Crippen LogP contribution in [0.1, 0.15) is 48.6 Å². The Hall–Kier alpha value is -3.89. The molecule has 1 aliphatic rings. The highest BCUT2D eigenvalue weighted by atomic mass is 79.9. The van der Waals surface area contributed by atoms with E-state index < -0.39 is 11.6 Å². The summed E-state index contributed by atoms with van der Waals surface area (Å²) in [5.74, 6) is 0.958. The summed E-state index contributed by atoms with van der Waals surface area (Å²) < 4.78 is 13.1. The van der Waals surface area contributed by atoms with Gasteiger partial charge in [-0.25, -0.2) is 10.4 Å². The lowest BCUT2D eigenvalue weighted by Gasteiger charge is -2.31. The molecule has 0 fully saturated rings. The van der Waals surface area contributed by atoms with Crippen LogP contribution in [0.2, 0.25) is 0 Å². The summed E-state index contributed by atoms with van der Waals surface area (Å²) in [5, 5.41) is 12.8. The fourth-order valence-corrected chi connectivity index (χ4v) is 4.91. The van der Waals surface area contributed by atoms with Crippen molar-refractivity contribution in [2.45, 2.75) is 44.9 Å². The summed E-state index contributed by atoms with van der Waals surface area (Å²) in [6.45, 7) is 5.29. The van der Waals surface area contributed by atoms with Crippen LogP contribution in [0.4, 0.5) is 0 Å². The molecular weight excluding hydrogens is 600 g/mol. The number of aliphatic hydroxyl groups is 1. The molecule has 2 atom stereocenters. The number of nitrogens with one attached hydrogen (secondary N) is 2. The van der Waals surface area contributed by atoms with Gasteiger partial charge in [0.05, 0.1) is 13.2 Å². The fourth-order valence-electron chi connectivity index (χ4n) is 4.65. The van der Waals surface area contributed by atoms with Crippen molar-refractivity contribution < 1.29 is 19.4 Å². The Morgan fingerprint density at radius 3 is 2.52 bits per heavy atom. The molecule has 4 rings (SSSR count). The van der Waals surface area contributed by atoms with Crippen molar-refractivity contribution in [1.82, 2.24) is 10.9 Å². The van der Waals surface area contributed by atoms with Gasteiger partial charge in [0.25, 0.3) is 5.91 Å². The van der Waals surface area contributed by atoms with E-state index in [0.29, 0.717) is 42.7 Å². The Kier molecular flexibility index (Phi) is 11.0. The molecule has 0 aromatic heterocycles. The molecule has 1 aliphatic heterocycles. The number of halogens is 1. The maximum Gasteiger partial charge on any atom is 0.266 e. The van der Waals surface area contributed by atoms with Crippen molar-refractivity contribution in [3.05, 3.63) is 110 Å². The minimum absolute atomic E-state index is 0.0579. The molecule has 11 heteroatoms. The normalized spacial score (nSPS) is 17.7. The quantitative estimate of drug-likeness (QED) is 0.0676. The fraction of sp³-hybridized carbons (Fsp3) is 0.355. The van der Waals surface area contributed by atoms with Gasteiger partial charge in [0, 0.05) is 40.9 Å². The van der Waals surface area contributed by atoms with Gasteiger partial charge in [-0.2, -0.15) is 0 Å². The van der Waals surface area contributed by atoms with E-state index >= 15 is 0 Å². The van der Waals surface area contributed by atoms with Crippen molar-refractivity contribution >= 4 is 27.7 Å². The lowest BCUT2D eigenvalue weighted by molar-refractivity contribution is -0.130. The molecular formula is C31H35BrN6O4. The van der Waals surface area contributed by atoms with Crippen molar-refractivity contribution in [2.75, 3.05) is 19.8 Å². The van der Waals surface area contributed by atoms with Crippen LogP contribution in [-0.2, 0) is 22.5 Å². The standard InChI is InChI=1S/C31H35BrN6O4/c1-21(2)19-34-37-30(40)31(18-24-6-3-4-7-25(24)20-35-38-33)28(22-8-12-26(32)13-9-22)42-29(36-31)23-10-14-27(15-11-23)41-17-5-16-39/h3-4,6-15,21,28,34,39H,5,16-20H2,1-2H3,(H,37,40)/t28-,31-/m0/s1. The minimum atomic E-state index is -1.39. The molecule has 3 N–H and O–H groups in total. The number of azide groups is 1. The molecule has 0 unspecified atom stereocenters. The molecule has 0 bridgehead atoms. The van der Waals surface area contributed by atoms with E-state index in [1.165, 1.54) is 0 Å². The van der Waals surface area contributed by atoms with E-state index in [1.54, 1.807) is 0 Å². The number of nitrogens with zero attached hydrogens (tertiary/aromatic N) is 4. The summed E-state index contributed by atoms with van der Waals surface area (Å²) in [6.07, 6.45) is -0.0171. The predicted molar refractivity (Wildman–Crippen MR) is 165 cm³/mol. The molecule has 42 heavy (non-hydrogen) atoms. The third kappa shape index (κ3) is 7.68. The number of amides is 1. The first-order valence-corrected chi connectivity index (χ1v) is 14.6. The number of hydrogen-bond acceptors (Lipinski definition) is 7. The van der Waals surface area contributed by atoms with Gasteiger partial charge in [-0.1, -0.05) is 71.3 Å². The van der Waals surface area contributed by atoms with E-state index in [-0.39, 0.29) is 25.5 Å². The zero-order chi connectivity index (χ0) is 30.0. The second-order valence-corrected chi connectivity index (χ2v) is 11.3. The summed E-state index contributed by atoms with van der Waals surface area (Å²) in [7, 11) is 0. The number of carbonyl (C=O) groups is 1. The summed E-state index contributed by atoms with van der Waals surface area (Å²) in [4.78, 5) is 22.2. The highest BCUT2D eigenvalue weighted by Gasteiger charge is 2.53. The van der Waals surface area contributed by atoms with Crippen LogP contribution < -0.4 is 15.6 Å². The average Bonchev–Trinajstić information content (AvgIpc) is 3.38. The monoisotopic (exact) mass is 634 g/mol. The van der Waals surface area contributed by atoms with Crippen LogP contribution in [0.25, 0.3) is 10.4 Å². The van der Waals surface area contributed by atoms with Gasteiger partial charge in [-0.15, -0.1) is 0 Å². The first-order valence-electron chi connectivity index (χ1n) is 13.8. The first-order chi connectivity index (χ1) is 20.4. The predicted octanol–water partition coefficient (Wildman–Crippen LogP) is 5.80. The van der Waals surface area contributed by atoms with E-state index in [9.17, 15) is 4.79 Å². The van der Waals surface area contributed by atoms with Crippen LogP contribution in [-0.4, -0.2) is 42.2 Å². The highest BCUT2D eigenvalue weighted by molar-refractivity contribution is 9.10. The maximum atomic E-state index is 14.2. The van der Waals surface area contributed by atoms with E-state index in [1.807, 2.05) is 72.8 Å². The Labute approximate surface area is 253 Å². The number of aliphatic imine (C=N–C) groups is 1. The van der Waals surface area contributed by atoms with E-state index in [4.69, 9.17) is 25.1 Å². The van der Waals surface area contributed by atoms with Gasteiger partial charge in [0.1, 0.15) is 5.75 Å². The molecule has 1 amide bonds. The smallest absolute Gasteiger partial charge is 0.266 e. The van der Waals surface area contributed by atoms with E-state index in [2.05, 4.69) is 50.7 Å². The van der Waals surface area contributed by atoms with E-state index in [0.717, 1.165) is 21.2 Å². The third-order valence-electron chi connectivity index (χ3n) is 6.80. The molecule has 1 heterocycles. The zero-order valence-electron chi connectivity index (χ0n) is 23.7. The highest BCUT2D eigenvalue weighted by Crippen LogP contribution is 2.43. The van der Waals surface area contributed by atoms with Gasteiger partial charge in [0.15, 0.2) is 11.6 Å². The number of hydrogen-bond donors (Lipinski definition) is 3. The largest absolute Gasteiger partial charge is 0.494 e. The van der Waals surface area contributed by atoms with Crippen LogP contribution in [0.15, 0.2) is 87.4 Å². The SMILES string of the molecule is CC(C)CNNC(=O)[C@@]1(Cc2ccccc2CN=[N+]=[N-])N=C(c2ccc(OCCCO)cc2)O[C@H]1c1ccc(Br)cc1. The van der Waals surface area contributed by atoms with Crippen molar-refractivity contribution in [3.8, 4) is 5.75 Å². The number of carbonyl (C=O) groups excluding carboxylic acids is 1. The number of hydrazine groups is 1. The Balaban J connectivity index is 1.80. The molecule has 10 nitrogen and oxygen atoms in total. The molecule has 3 aromatic rings. The third-order valence-corrected chi connectivity index (χ3v) is 7.33. The van der Waals surface area contributed by atoms with Crippen LogP contribution >= 0.6 is 15.9 Å². The second-order valence-electron chi connectivity index (χ2n) is 10.4. The van der Waals surface area contributed by atoms with Crippen molar-refractivity contribution in [3.63, 3.8) is 0 Å². The molecule has 0 radical (unpaired) electrons. The molecule has 0 spiro atoms. The molecule has 0 aliphatic carbocycles. The van der Waals surface area contributed by atoms with Crippen molar-refractivity contribution in [1.29, 1.82) is 0 Å².